The third-order valence-corrected chi connectivity index (χ3v) is 3.63. The summed E-state index contributed by atoms with van der Waals surface area (Å²) in [4.78, 5) is 0. The summed E-state index contributed by atoms with van der Waals surface area (Å²) in [5, 5.41) is 12.5. The summed E-state index contributed by atoms with van der Waals surface area (Å²) in [7, 11) is 0. The maximum atomic E-state index is 13.8. The Bertz CT molecular complexity index is 397. The fourth-order valence-electron chi connectivity index (χ4n) is 2.14. The van der Waals surface area contributed by atoms with Gasteiger partial charge in [0.2, 0.25) is 0 Å². The molecule has 0 spiro atoms. The summed E-state index contributed by atoms with van der Waals surface area (Å²) in [6, 6.07) is 4.48. The number of nitrogens with one attached hydrogen (secondary N) is 1. The van der Waals surface area contributed by atoms with Gasteiger partial charge in [-0.2, -0.15) is 0 Å². The topological polar surface area (TPSA) is 41.5 Å². The Labute approximate surface area is 114 Å². The van der Waals surface area contributed by atoms with Gasteiger partial charge in [-0.05, 0) is 25.0 Å². The van der Waals surface area contributed by atoms with E-state index in [1.807, 2.05) is 0 Å². The van der Waals surface area contributed by atoms with Crippen molar-refractivity contribution in [2.75, 3.05) is 19.8 Å². The average Bonchev–Trinajstić information content (AvgIpc) is 2.85. The van der Waals surface area contributed by atoms with Crippen molar-refractivity contribution in [3.8, 4) is 0 Å². The fourth-order valence-corrected chi connectivity index (χ4v) is 2.47. The highest BCUT2D eigenvalue weighted by Crippen LogP contribution is 2.21. The number of aliphatic hydroxyl groups excluding tert-OH is 1. The molecule has 1 aliphatic rings. The summed E-state index contributed by atoms with van der Waals surface area (Å²) in [6.45, 7) is 1.30. The van der Waals surface area contributed by atoms with Gasteiger partial charge in [0.05, 0.1) is 18.8 Å². The summed E-state index contributed by atoms with van der Waals surface area (Å²) < 4.78 is 20.0. The molecule has 1 saturated heterocycles. The van der Waals surface area contributed by atoms with E-state index in [1.54, 1.807) is 12.1 Å². The number of aliphatic hydroxyl groups is 1. The maximum absolute atomic E-state index is 13.8. The molecule has 5 heteroatoms. The van der Waals surface area contributed by atoms with Crippen molar-refractivity contribution >= 4 is 15.9 Å². The lowest BCUT2D eigenvalue weighted by molar-refractivity contribution is 0.103. The van der Waals surface area contributed by atoms with Crippen molar-refractivity contribution in [3.05, 3.63) is 34.1 Å². The number of ether oxygens (including phenoxy) is 1. The second-order valence-corrected chi connectivity index (χ2v) is 5.36. The molecule has 0 radical (unpaired) electrons. The van der Waals surface area contributed by atoms with Gasteiger partial charge in [-0.15, -0.1) is 0 Å². The van der Waals surface area contributed by atoms with Crippen LogP contribution in [0.25, 0.3) is 0 Å². The number of hydrogen-bond donors (Lipinski definition) is 2. The molecule has 1 aromatic carbocycles. The highest BCUT2D eigenvalue weighted by atomic mass is 79.9. The van der Waals surface area contributed by atoms with Crippen LogP contribution in [0.2, 0.25) is 0 Å². The van der Waals surface area contributed by atoms with Crippen molar-refractivity contribution in [1.29, 1.82) is 0 Å². The van der Waals surface area contributed by atoms with Crippen LogP contribution in [0, 0.1) is 5.82 Å². The van der Waals surface area contributed by atoms with Crippen LogP contribution in [0.5, 0.6) is 0 Å². The highest BCUT2D eigenvalue weighted by molar-refractivity contribution is 9.10. The van der Waals surface area contributed by atoms with Crippen LogP contribution in [-0.2, 0) is 4.74 Å². The van der Waals surface area contributed by atoms with Crippen LogP contribution in [0.3, 0.4) is 0 Å². The van der Waals surface area contributed by atoms with E-state index in [-0.39, 0.29) is 24.6 Å². The standard InChI is InChI=1S/C13H17BrFNO2/c14-9-3-4-11(12(15)6-9)13(8-17)16-7-10-2-1-5-18-10/h3-4,6,10,13,16-17H,1-2,5,7-8H2. The van der Waals surface area contributed by atoms with Gasteiger partial charge in [-0.3, -0.25) is 0 Å². The number of rotatable bonds is 5. The van der Waals surface area contributed by atoms with Crippen molar-refractivity contribution < 1.29 is 14.2 Å². The quantitative estimate of drug-likeness (QED) is 0.876. The number of halogens is 2. The molecule has 0 bridgehead atoms. The third-order valence-electron chi connectivity index (χ3n) is 3.14. The first-order valence-corrected chi connectivity index (χ1v) is 6.91. The van der Waals surface area contributed by atoms with Crippen LogP contribution < -0.4 is 5.32 Å². The first kappa shape index (κ1) is 13.9. The van der Waals surface area contributed by atoms with E-state index in [0.29, 0.717) is 16.6 Å². The largest absolute Gasteiger partial charge is 0.394 e. The normalized spacial score (nSPS) is 21.2. The molecule has 2 unspecified atom stereocenters. The molecule has 2 rings (SSSR count). The lowest BCUT2D eigenvalue weighted by Gasteiger charge is -2.19. The molecule has 0 amide bonds. The van der Waals surface area contributed by atoms with Gasteiger partial charge in [0, 0.05) is 23.2 Å². The summed E-state index contributed by atoms with van der Waals surface area (Å²) in [5.41, 5.74) is 0.485. The minimum absolute atomic E-state index is 0.134. The minimum Gasteiger partial charge on any atom is -0.394 e. The smallest absolute Gasteiger partial charge is 0.129 e. The molecule has 2 atom stereocenters. The van der Waals surface area contributed by atoms with E-state index < -0.39 is 0 Å². The Balaban J connectivity index is 1.98. The Morgan fingerprint density at radius 2 is 2.39 bits per heavy atom. The van der Waals surface area contributed by atoms with Crippen LogP contribution in [-0.4, -0.2) is 31.0 Å². The van der Waals surface area contributed by atoms with Gasteiger partial charge in [0.1, 0.15) is 5.82 Å². The first-order chi connectivity index (χ1) is 8.70. The lowest BCUT2D eigenvalue weighted by Crippen LogP contribution is -2.32. The monoisotopic (exact) mass is 317 g/mol. The minimum atomic E-state index is -0.387. The molecule has 0 aliphatic carbocycles. The Kier molecular flexibility index (Phi) is 5.12. The van der Waals surface area contributed by atoms with Gasteiger partial charge in [-0.25, -0.2) is 4.39 Å². The Hall–Kier alpha value is -0.490. The van der Waals surface area contributed by atoms with E-state index in [4.69, 9.17) is 4.74 Å². The van der Waals surface area contributed by atoms with Gasteiger partial charge >= 0.3 is 0 Å². The van der Waals surface area contributed by atoms with E-state index in [0.717, 1.165) is 19.4 Å². The van der Waals surface area contributed by atoms with E-state index in [9.17, 15) is 9.50 Å². The van der Waals surface area contributed by atoms with Crippen molar-refractivity contribution in [3.63, 3.8) is 0 Å². The first-order valence-electron chi connectivity index (χ1n) is 6.11. The summed E-state index contributed by atoms with van der Waals surface area (Å²) in [6.07, 6.45) is 2.27. The predicted molar refractivity (Wildman–Crippen MR) is 70.9 cm³/mol. The molecule has 2 N–H and O–H groups in total. The molecule has 100 valence electrons. The summed E-state index contributed by atoms with van der Waals surface area (Å²) in [5.74, 6) is -0.316. The Morgan fingerprint density at radius 1 is 1.56 bits per heavy atom. The molecule has 18 heavy (non-hydrogen) atoms. The molecular weight excluding hydrogens is 301 g/mol. The third kappa shape index (κ3) is 3.51. The van der Waals surface area contributed by atoms with Gasteiger partial charge in [0.25, 0.3) is 0 Å². The second kappa shape index (κ2) is 6.61. The van der Waals surface area contributed by atoms with Gasteiger partial charge in [-0.1, -0.05) is 22.0 Å². The van der Waals surface area contributed by atoms with E-state index in [1.165, 1.54) is 6.07 Å². The van der Waals surface area contributed by atoms with Crippen LogP contribution >= 0.6 is 15.9 Å². The van der Waals surface area contributed by atoms with Crippen molar-refractivity contribution in [2.24, 2.45) is 0 Å². The highest BCUT2D eigenvalue weighted by Gasteiger charge is 2.19. The van der Waals surface area contributed by atoms with E-state index >= 15 is 0 Å². The number of benzene rings is 1. The zero-order chi connectivity index (χ0) is 13.0. The van der Waals surface area contributed by atoms with Crippen LogP contribution in [0.15, 0.2) is 22.7 Å². The van der Waals surface area contributed by atoms with Crippen LogP contribution in [0.4, 0.5) is 4.39 Å². The summed E-state index contributed by atoms with van der Waals surface area (Å²) >= 11 is 3.22. The molecule has 1 heterocycles. The second-order valence-electron chi connectivity index (χ2n) is 4.44. The van der Waals surface area contributed by atoms with Crippen molar-refractivity contribution in [2.45, 2.75) is 25.0 Å². The Morgan fingerprint density at radius 3 is 3.00 bits per heavy atom. The van der Waals surface area contributed by atoms with Crippen LogP contribution in [0.1, 0.15) is 24.4 Å². The fraction of sp³-hybridized carbons (Fsp3) is 0.538. The predicted octanol–water partition coefficient (Wildman–Crippen LogP) is 2.39. The molecule has 0 aromatic heterocycles. The molecule has 3 nitrogen and oxygen atoms in total. The zero-order valence-electron chi connectivity index (χ0n) is 10.0. The molecule has 1 fully saturated rings. The maximum Gasteiger partial charge on any atom is 0.129 e. The zero-order valence-corrected chi connectivity index (χ0v) is 11.6. The molecule has 1 aromatic rings. The molecule has 1 aliphatic heterocycles. The SMILES string of the molecule is OCC(NCC1CCCO1)c1ccc(Br)cc1F. The molecular formula is C13H17BrFNO2. The lowest BCUT2D eigenvalue weighted by atomic mass is 10.1. The molecule has 0 saturated carbocycles. The van der Waals surface area contributed by atoms with E-state index in [2.05, 4.69) is 21.2 Å². The van der Waals surface area contributed by atoms with Crippen molar-refractivity contribution in [1.82, 2.24) is 5.32 Å². The van der Waals surface area contributed by atoms with Gasteiger partial charge < -0.3 is 15.2 Å². The number of hydrogen-bond acceptors (Lipinski definition) is 3. The van der Waals surface area contributed by atoms with Gasteiger partial charge in [0.15, 0.2) is 0 Å². The average molecular weight is 318 g/mol.